The van der Waals surface area contributed by atoms with Crippen LogP contribution in [0.2, 0.25) is 0 Å². The number of aliphatic imine (C=N–C) groups is 1. The second-order valence-corrected chi connectivity index (χ2v) is 6.99. The fourth-order valence-corrected chi connectivity index (χ4v) is 3.37. The van der Waals surface area contributed by atoms with Crippen LogP contribution in [0.5, 0.6) is 5.75 Å². The summed E-state index contributed by atoms with van der Waals surface area (Å²) in [5, 5.41) is 13.2. The normalized spacial score (nSPS) is 18.7. The molecular formula is C19H28N4O2. The number of hydrogen-bond donors (Lipinski definition) is 2. The van der Waals surface area contributed by atoms with Gasteiger partial charge in [-0.3, -0.25) is 4.79 Å². The van der Waals surface area contributed by atoms with Crippen LogP contribution in [0.4, 0.5) is 0 Å². The number of amides is 1. The maximum Gasteiger partial charge on any atom is 0.242 e. The number of benzene rings is 1. The SMILES string of the molecule is CCNC(=NCc1cc(C)c(O)c(C)c1)N1CCN(C2CC2)C(=O)C1. The van der Waals surface area contributed by atoms with E-state index >= 15 is 0 Å². The summed E-state index contributed by atoms with van der Waals surface area (Å²) in [5.74, 6) is 1.34. The van der Waals surface area contributed by atoms with Crippen molar-refractivity contribution in [2.24, 2.45) is 4.99 Å². The monoisotopic (exact) mass is 344 g/mol. The molecule has 1 amide bonds. The molecule has 0 unspecified atom stereocenters. The smallest absolute Gasteiger partial charge is 0.242 e. The first-order valence-electron chi connectivity index (χ1n) is 9.11. The van der Waals surface area contributed by atoms with Gasteiger partial charge in [-0.05, 0) is 50.3 Å². The third-order valence-corrected chi connectivity index (χ3v) is 4.84. The van der Waals surface area contributed by atoms with Crippen LogP contribution in [0.1, 0.15) is 36.5 Å². The van der Waals surface area contributed by atoms with Crippen molar-refractivity contribution in [3.8, 4) is 5.75 Å². The van der Waals surface area contributed by atoms with Crippen molar-refractivity contribution in [3.05, 3.63) is 28.8 Å². The summed E-state index contributed by atoms with van der Waals surface area (Å²) in [7, 11) is 0. The molecule has 136 valence electrons. The number of hydrogen-bond acceptors (Lipinski definition) is 3. The van der Waals surface area contributed by atoms with Gasteiger partial charge in [0.05, 0.1) is 13.1 Å². The molecule has 0 aromatic heterocycles. The van der Waals surface area contributed by atoms with E-state index in [0.717, 1.165) is 55.1 Å². The number of carbonyl (C=O) groups is 1. The van der Waals surface area contributed by atoms with E-state index in [2.05, 4.69) is 5.32 Å². The molecule has 3 rings (SSSR count). The molecule has 2 fully saturated rings. The van der Waals surface area contributed by atoms with E-state index in [4.69, 9.17) is 4.99 Å². The first-order chi connectivity index (χ1) is 12.0. The lowest BCUT2D eigenvalue weighted by molar-refractivity contribution is -0.135. The highest BCUT2D eigenvalue weighted by atomic mass is 16.3. The third-order valence-electron chi connectivity index (χ3n) is 4.84. The zero-order chi connectivity index (χ0) is 18.0. The summed E-state index contributed by atoms with van der Waals surface area (Å²) >= 11 is 0. The van der Waals surface area contributed by atoms with E-state index in [-0.39, 0.29) is 5.91 Å². The van der Waals surface area contributed by atoms with Gasteiger partial charge >= 0.3 is 0 Å². The second kappa shape index (κ2) is 7.33. The fraction of sp³-hybridized carbons (Fsp3) is 0.579. The first kappa shape index (κ1) is 17.6. The fourth-order valence-electron chi connectivity index (χ4n) is 3.37. The number of phenols is 1. The molecule has 0 radical (unpaired) electrons. The number of carbonyl (C=O) groups excluding carboxylic acids is 1. The summed E-state index contributed by atoms with van der Waals surface area (Å²) in [4.78, 5) is 21.2. The summed E-state index contributed by atoms with van der Waals surface area (Å²) in [6.45, 7) is 9.13. The van der Waals surface area contributed by atoms with Crippen LogP contribution >= 0.6 is 0 Å². The van der Waals surface area contributed by atoms with Gasteiger partial charge in [0.25, 0.3) is 0 Å². The zero-order valence-corrected chi connectivity index (χ0v) is 15.4. The van der Waals surface area contributed by atoms with Crippen molar-refractivity contribution < 1.29 is 9.90 Å². The Balaban J connectivity index is 1.70. The van der Waals surface area contributed by atoms with Gasteiger partial charge in [0, 0.05) is 25.7 Å². The molecular weight excluding hydrogens is 316 g/mol. The molecule has 0 bridgehead atoms. The lowest BCUT2D eigenvalue weighted by atomic mass is 10.1. The van der Waals surface area contributed by atoms with Crippen LogP contribution < -0.4 is 5.32 Å². The molecule has 0 atom stereocenters. The molecule has 1 aliphatic heterocycles. The standard InChI is InChI=1S/C19H28N4O2/c1-4-20-19(21-11-15-9-13(2)18(25)14(3)10-15)22-7-8-23(16-5-6-16)17(24)12-22/h9-10,16,25H,4-8,11-12H2,1-3H3,(H,20,21). The Labute approximate surface area is 149 Å². The van der Waals surface area contributed by atoms with Crippen molar-refractivity contribution in [1.82, 2.24) is 15.1 Å². The molecule has 0 spiro atoms. The summed E-state index contributed by atoms with van der Waals surface area (Å²) in [6.07, 6.45) is 2.30. The number of nitrogens with one attached hydrogen (secondary N) is 1. The molecule has 6 nitrogen and oxygen atoms in total. The van der Waals surface area contributed by atoms with Gasteiger partial charge in [-0.2, -0.15) is 0 Å². The van der Waals surface area contributed by atoms with Crippen LogP contribution in [-0.4, -0.2) is 59.0 Å². The molecule has 25 heavy (non-hydrogen) atoms. The van der Waals surface area contributed by atoms with E-state index in [1.54, 1.807) is 0 Å². The average molecular weight is 344 g/mol. The van der Waals surface area contributed by atoms with Gasteiger partial charge in [-0.1, -0.05) is 12.1 Å². The van der Waals surface area contributed by atoms with Crippen LogP contribution in [-0.2, 0) is 11.3 Å². The van der Waals surface area contributed by atoms with E-state index in [9.17, 15) is 9.90 Å². The van der Waals surface area contributed by atoms with Gasteiger partial charge in [0.1, 0.15) is 5.75 Å². The topological polar surface area (TPSA) is 68.2 Å². The minimum atomic E-state index is 0.204. The molecule has 6 heteroatoms. The van der Waals surface area contributed by atoms with Crippen LogP contribution in [0, 0.1) is 13.8 Å². The maximum atomic E-state index is 12.4. The van der Waals surface area contributed by atoms with Gasteiger partial charge in [-0.25, -0.2) is 4.99 Å². The van der Waals surface area contributed by atoms with E-state index in [0.29, 0.717) is 24.9 Å². The van der Waals surface area contributed by atoms with Crippen molar-refractivity contribution in [1.29, 1.82) is 0 Å². The first-order valence-corrected chi connectivity index (χ1v) is 9.11. The number of nitrogens with zero attached hydrogens (tertiary/aromatic N) is 3. The van der Waals surface area contributed by atoms with Crippen molar-refractivity contribution in [3.63, 3.8) is 0 Å². The Hall–Kier alpha value is -2.24. The van der Waals surface area contributed by atoms with E-state index < -0.39 is 0 Å². The van der Waals surface area contributed by atoms with E-state index in [1.807, 2.05) is 42.7 Å². The molecule has 1 heterocycles. The Morgan fingerprint density at radius 3 is 2.52 bits per heavy atom. The number of phenolic OH excluding ortho intramolecular Hbond substituents is 1. The van der Waals surface area contributed by atoms with Crippen LogP contribution in [0.3, 0.4) is 0 Å². The number of guanidine groups is 1. The molecule has 1 aromatic carbocycles. The molecule has 2 N–H and O–H groups in total. The van der Waals surface area contributed by atoms with Gasteiger partial charge in [-0.15, -0.1) is 0 Å². The van der Waals surface area contributed by atoms with E-state index in [1.165, 1.54) is 0 Å². The van der Waals surface area contributed by atoms with Gasteiger partial charge in [0.2, 0.25) is 5.91 Å². The predicted molar refractivity (Wildman–Crippen MR) is 98.7 cm³/mol. The Bertz CT molecular complexity index is 659. The largest absolute Gasteiger partial charge is 0.507 e. The molecule has 1 saturated carbocycles. The highest BCUT2D eigenvalue weighted by molar-refractivity contribution is 5.88. The minimum Gasteiger partial charge on any atom is -0.507 e. The molecule has 1 aliphatic carbocycles. The number of aryl methyl sites for hydroxylation is 2. The quantitative estimate of drug-likeness (QED) is 0.645. The average Bonchev–Trinajstić information content (AvgIpc) is 3.41. The van der Waals surface area contributed by atoms with Gasteiger partial charge in [0.15, 0.2) is 5.96 Å². The highest BCUT2D eigenvalue weighted by Crippen LogP contribution is 2.28. The zero-order valence-electron chi connectivity index (χ0n) is 15.4. The summed E-state index contributed by atoms with van der Waals surface area (Å²) in [6, 6.07) is 4.41. The van der Waals surface area contributed by atoms with Crippen molar-refractivity contribution >= 4 is 11.9 Å². The lowest BCUT2D eigenvalue weighted by Gasteiger charge is -2.36. The molecule has 1 saturated heterocycles. The Kier molecular flexibility index (Phi) is 5.16. The molecule has 2 aliphatic rings. The Morgan fingerprint density at radius 2 is 1.96 bits per heavy atom. The van der Waals surface area contributed by atoms with Gasteiger partial charge < -0.3 is 20.2 Å². The highest BCUT2D eigenvalue weighted by Gasteiger charge is 2.36. The van der Waals surface area contributed by atoms with Crippen LogP contribution in [0.25, 0.3) is 0 Å². The second-order valence-electron chi connectivity index (χ2n) is 6.99. The number of aromatic hydroxyl groups is 1. The van der Waals surface area contributed by atoms with Crippen molar-refractivity contribution in [2.45, 2.75) is 46.2 Å². The number of piperazine rings is 1. The number of rotatable bonds is 4. The Morgan fingerprint density at radius 1 is 1.28 bits per heavy atom. The summed E-state index contributed by atoms with van der Waals surface area (Å²) < 4.78 is 0. The van der Waals surface area contributed by atoms with Crippen LogP contribution in [0.15, 0.2) is 17.1 Å². The maximum absolute atomic E-state index is 12.4. The minimum absolute atomic E-state index is 0.204. The lowest BCUT2D eigenvalue weighted by Crippen LogP contribution is -2.55. The third kappa shape index (κ3) is 4.06. The predicted octanol–water partition coefficient (Wildman–Crippen LogP) is 1.78. The summed E-state index contributed by atoms with van der Waals surface area (Å²) in [5.41, 5.74) is 2.79. The molecule has 1 aromatic rings. The van der Waals surface area contributed by atoms with Crippen molar-refractivity contribution in [2.75, 3.05) is 26.2 Å².